The summed E-state index contributed by atoms with van der Waals surface area (Å²) in [5.41, 5.74) is 2.11. The normalized spacial score (nSPS) is 12.5. The summed E-state index contributed by atoms with van der Waals surface area (Å²) in [6.07, 6.45) is 2.33. The first kappa shape index (κ1) is 17.1. The number of rotatable bonds is 5. The summed E-state index contributed by atoms with van der Waals surface area (Å²) < 4.78 is 12.7. The van der Waals surface area contributed by atoms with Gasteiger partial charge in [0.25, 0.3) is 5.56 Å². The molecule has 24 heavy (non-hydrogen) atoms. The number of benzene rings is 1. The summed E-state index contributed by atoms with van der Waals surface area (Å²) in [4.78, 5) is 17.0. The van der Waals surface area contributed by atoms with E-state index in [-0.39, 0.29) is 5.56 Å². The lowest BCUT2D eigenvalue weighted by Crippen LogP contribution is -2.15. The van der Waals surface area contributed by atoms with Gasteiger partial charge in [-0.05, 0) is 30.2 Å². The van der Waals surface area contributed by atoms with Crippen molar-refractivity contribution in [1.82, 2.24) is 14.6 Å². The summed E-state index contributed by atoms with van der Waals surface area (Å²) in [5, 5.41) is 8.53. The van der Waals surface area contributed by atoms with Crippen molar-refractivity contribution in [2.75, 3.05) is 11.6 Å². The summed E-state index contributed by atoms with van der Waals surface area (Å²) >= 11 is 7.43. The molecule has 0 radical (unpaired) electrons. The van der Waals surface area contributed by atoms with Gasteiger partial charge in [0.05, 0.1) is 0 Å². The average Bonchev–Trinajstić information content (AvgIpc) is 2.93. The maximum absolute atomic E-state index is 12.0. The van der Waals surface area contributed by atoms with Gasteiger partial charge in [-0.1, -0.05) is 29.9 Å². The fourth-order valence-electron chi connectivity index (χ4n) is 2.19. The number of halogens is 1. The lowest BCUT2D eigenvalue weighted by Gasteiger charge is -2.06. The number of nitrogens with one attached hydrogen (secondary N) is 1. The minimum atomic E-state index is -0.982. The fourth-order valence-corrected chi connectivity index (χ4v) is 3.98. The number of anilines is 2. The molecule has 0 saturated carbocycles. The second-order valence-corrected chi connectivity index (χ2v) is 7.99. The van der Waals surface area contributed by atoms with Gasteiger partial charge in [-0.15, -0.1) is 5.10 Å². The third-order valence-electron chi connectivity index (χ3n) is 3.32. The van der Waals surface area contributed by atoms with Gasteiger partial charge in [-0.2, -0.15) is 4.52 Å². The Labute approximate surface area is 150 Å². The quantitative estimate of drug-likeness (QED) is 0.734. The van der Waals surface area contributed by atoms with Crippen LogP contribution in [-0.4, -0.2) is 25.1 Å². The SMILES string of the molecule is CCc1cc(=O)n2nc(Nc3ccc(Cl)c(CS(C)=O)c3)sc2n1. The topological polar surface area (TPSA) is 76.4 Å². The van der Waals surface area contributed by atoms with Crippen molar-refractivity contribution in [1.29, 1.82) is 0 Å². The van der Waals surface area contributed by atoms with Gasteiger partial charge >= 0.3 is 0 Å². The average molecular weight is 383 g/mol. The number of aromatic nitrogens is 3. The molecule has 3 aromatic rings. The van der Waals surface area contributed by atoms with Crippen LogP contribution < -0.4 is 10.9 Å². The zero-order valence-corrected chi connectivity index (χ0v) is 15.5. The number of aryl methyl sites for hydroxylation is 1. The third-order valence-corrected chi connectivity index (χ3v) is 5.23. The first-order valence-corrected chi connectivity index (χ1v) is 10.1. The van der Waals surface area contributed by atoms with E-state index >= 15 is 0 Å². The number of hydrogen-bond acceptors (Lipinski definition) is 6. The molecule has 126 valence electrons. The van der Waals surface area contributed by atoms with Gasteiger partial charge in [0, 0.05) is 45.3 Å². The third kappa shape index (κ3) is 3.66. The monoisotopic (exact) mass is 382 g/mol. The van der Waals surface area contributed by atoms with Crippen LogP contribution >= 0.6 is 22.9 Å². The summed E-state index contributed by atoms with van der Waals surface area (Å²) in [6.45, 7) is 1.95. The van der Waals surface area contributed by atoms with Crippen molar-refractivity contribution < 1.29 is 4.21 Å². The van der Waals surface area contributed by atoms with Gasteiger partial charge in [0.1, 0.15) is 0 Å². The van der Waals surface area contributed by atoms with Gasteiger partial charge in [-0.25, -0.2) is 4.98 Å². The zero-order valence-electron chi connectivity index (χ0n) is 13.1. The Morgan fingerprint density at radius 1 is 1.38 bits per heavy atom. The first-order valence-electron chi connectivity index (χ1n) is 7.21. The standard InChI is InChI=1S/C15H15ClN4O2S2/c1-3-10-7-13(21)20-15(18-10)23-14(19-20)17-11-4-5-12(16)9(6-11)8-24(2)22/h4-7H,3,8H2,1-2H3,(H,17,19). The Bertz CT molecular complexity index is 983. The molecular formula is C15H15ClN4O2S2. The van der Waals surface area contributed by atoms with Crippen molar-refractivity contribution in [3.63, 3.8) is 0 Å². The molecule has 1 atom stereocenters. The van der Waals surface area contributed by atoms with E-state index in [4.69, 9.17) is 11.6 Å². The molecule has 1 N–H and O–H groups in total. The highest BCUT2D eigenvalue weighted by atomic mass is 35.5. The fraction of sp³-hybridized carbons (Fsp3) is 0.267. The predicted molar refractivity (Wildman–Crippen MR) is 99.0 cm³/mol. The highest BCUT2D eigenvalue weighted by molar-refractivity contribution is 7.83. The summed E-state index contributed by atoms with van der Waals surface area (Å²) in [7, 11) is -0.982. The van der Waals surface area contributed by atoms with E-state index in [0.717, 1.165) is 16.9 Å². The molecule has 0 spiro atoms. The molecule has 0 aliphatic carbocycles. The molecule has 0 amide bonds. The second-order valence-electron chi connectivity index (χ2n) is 5.19. The molecule has 2 aromatic heterocycles. The van der Waals surface area contributed by atoms with Crippen molar-refractivity contribution in [3.8, 4) is 0 Å². The van der Waals surface area contributed by atoms with Crippen LogP contribution in [-0.2, 0) is 23.0 Å². The second kappa shape index (κ2) is 7.00. The van der Waals surface area contributed by atoms with E-state index in [1.165, 1.54) is 21.9 Å². The molecule has 3 rings (SSSR count). The van der Waals surface area contributed by atoms with Crippen LogP contribution in [0.2, 0.25) is 5.02 Å². The molecule has 0 bridgehead atoms. The summed E-state index contributed by atoms with van der Waals surface area (Å²) in [6, 6.07) is 6.89. The highest BCUT2D eigenvalue weighted by Crippen LogP contribution is 2.26. The van der Waals surface area contributed by atoms with Crippen LogP contribution in [0.5, 0.6) is 0 Å². The zero-order chi connectivity index (χ0) is 17.3. The molecule has 0 aliphatic heterocycles. The van der Waals surface area contributed by atoms with Crippen LogP contribution in [0.3, 0.4) is 0 Å². The number of hydrogen-bond donors (Lipinski definition) is 1. The Kier molecular flexibility index (Phi) is 4.98. The lowest BCUT2D eigenvalue weighted by molar-refractivity contribution is 0.686. The largest absolute Gasteiger partial charge is 0.330 e. The van der Waals surface area contributed by atoms with E-state index < -0.39 is 10.8 Å². The van der Waals surface area contributed by atoms with Crippen LogP contribution in [0.4, 0.5) is 10.8 Å². The van der Waals surface area contributed by atoms with Gasteiger partial charge in [0.2, 0.25) is 10.1 Å². The Balaban J connectivity index is 1.94. The molecule has 9 heteroatoms. The Morgan fingerprint density at radius 3 is 2.88 bits per heavy atom. The van der Waals surface area contributed by atoms with Gasteiger partial charge in [0.15, 0.2) is 0 Å². The van der Waals surface area contributed by atoms with E-state index in [2.05, 4.69) is 15.4 Å². The minimum absolute atomic E-state index is 0.195. The highest BCUT2D eigenvalue weighted by Gasteiger charge is 2.10. The maximum Gasteiger partial charge on any atom is 0.275 e. The van der Waals surface area contributed by atoms with Crippen molar-refractivity contribution in [2.24, 2.45) is 0 Å². The smallest absolute Gasteiger partial charge is 0.275 e. The van der Waals surface area contributed by atoms with E-state index in [1.807, 2.05) is 19.1 Å². The molecule has 1 unspecified atom stereocenters. The van der Waals surface area contributed by atoms with Crippen molar-refractivity contribution in [2.45, 2.75) is 19.1 Å². The molecular weight excluding hydrogens is 368 g/mol. The van der Waals surface area contributed by atoms with Gasteiger partial charge in [-0.3, -0.25) is 9.00 Å². The van der Waals surface area contributed by atoms with Gasteiger partial charge < -0.3 is 5.32 Å². The van der Waals surface area contributed by atoms with E-state index in [0.29, 0.717) is 27.3 Å². The van der Waals surface area contributed by atoms with Crippen LogP contribution in [0.15, 0.2) is 29.1 Å². The van der Waals surface area contributed by atoms with Crippen molar-refractivity contribution in [3.05, 3.63) is 50.9 Å². The molecule has 6 nitrogen and oxygen atoms in total. The molecule has 0 fully saturated rings. The van der Waals surface area contributed by atoms with E-state index in [1.54, 1.807) is 12.3 Å². The van der Waals surface area contributed by atoms with Crippen LogP contribution in [0.25, 0.3) is 4.96 Å². The van der Waals surface area contributed by atoms with Crippen LogP contribution in [0.1, 0.15) is 18.2 Å². The lowest BCUT2D eigenvalue weighted by atomic mass is 10.2. The molecule has 0 saturated heterocycles. The van der Waals surface area contributed by atoms with Crippen LogP contribution in [0, 0.1) is 0 Å². The molecule has 2 heterocycles. The van der Waals surface area contributed by atoms with E-state index in [9.17, 15) is 9.00 Å². The first-order chi connectivity index (χ1) is 11.5. The minimum Gasteiger partial charge on any atom is -0.330 e. The molecule has 0 aliphatic rings. The number of fused-ring (bicyclic) bond motifs is 1. The maximum atomic E-state index is 12.0. The molecule has 1 aromatic carbocycles. The number of nitrogens with zero attached hydrogens (tertiary/aromatic N) is 3. The predicted octanol–water partition coefficient (Wildman–Crippen LogP) is 2.99. The van der Waals surface area contributed by atoms with Crippen molar-refractivity contribution >= 4 is 49.5 Å². The summed E-state index contributed by atoms with van der Waals surface area (Å²) in [5.74, 6) is 0.384. The Morgan fingerprint density at radius 2 is 2.17 bits per heavy atom. The Hall–Kier alpha value is -1.77.